The van der Waals surface area contributed by atoms with Gasteiger partial charge in [0.15, 0.2) is 0 Å². The van der Waals surface area contributed by atoms with Gasteiger partial charge in [0.2, 0.25) is 0 Å². The summed E-state index contributed by atoms with van der Waals surface area (Å²) in [6, 6.07) is 6.58. The van der Waals surface area contributed by atoms with Crippen LogP contribution in [0, 0.1) is 12.7 Å². The summed E-state index contributed by atoms with van der Waals surface area (Å²) in [4.78, 5) is 4.00. The van der Waals surface area contributed by atoms with Gasteiger partial charge in [-0.2, -0.15) is 0 Å². The highest BCUT2D eigenvalue weighted by atomic mass is 19.1. The standard InChI is InChI=1S/C10H9FN2.C2H6/c1-6-10-7(5-9(12)13-6)3-2-4-8(10)11;1-2/h2-5H,1H3,(H2,12,13);1-2H3. The molecule has 0 saturated carbocycles. The predicted octanol–water partition coefficient (Wildman–Crippen LogP) is 3.29. The predicted molar refractivity (Wildman–Crippen MR) is 62.2 cm³/mol. The van der Waals surface area contributed by atoms with Gasteiger partial charge in [0.05, 0.1) is 5.69 Å². The number of nitrogens with two attached hydrogens (primary N) is 1. The van der Waals surface area contributed by atoms with Gasteiger partial charge in [0.1, 0.15) is 11.6 Å². The van der Waals surface area contributed by atoms with Gasteiger partial charge in [0.25, 0.3) is 0 Å². The normalized spacial score (nSPS) is 9.60. The van der Waals surface area contributed by atoms with Gasteiger partial charge in [-0.25, -0.2) is 9.37 Å². The van der Waals surface area contributed by atoms with Crippen LogP contribution in [0.15, 0.2) is 24.3 Å². The van der Waals surface area contributed by atoms with Crippen LogP contribution in [0.2, 0.25) is 0 Å². The minimum atomic E-state index is -0.248. The molecule has 0 radical (unpaired) electrons. The Hall–Kier alpha value is -1.64. The molecule has 80 valence electrons. The third-order valence-corrected chi connectivity index (χ3v) is 2.01. The third kappa shape index (κ3) is 2.24. The Bertz CT molecular complexity index is 466. The Morgan fingerprint density at radius 2 is 1.93 bits per heavy atom. The number of pyridine rings is 1. The van der Waals surface area contributed by atoms with Crippen LogP contribution in [0.25, 0.3) is 10.8 Å². The number of aryl methyl sites for hydroxylation is 1. The summed E-state index contributed by atoms with van der Waals surface area (Å²) in [6.45, 7) is 5.75. The first kappa shape index (κ1) is 11.4. The van der Waals surface area contributed by atoms with Crippen molar-refractivity contribution in [1.82, 2.24) is 4.98 Å². The number of aromatic nitrogens is 1. The molecule has 0 aliphatic carbocycles. The molecule has 1 heterocycles. The summed E-state index contributed by atoms with van der Waals surface area (Å²) in [6.07, 6.45) is 0. The molecule has 15 heavy (non-hydrogen) atoms. The van der Waals surface area contributed by atoms with Gasteiger partial charge < -0.3 is 5.73 Å². The highest BCUT2D eigenvalue weighted by molar-refractivity contribution is 5.86. The van der Waals surface area contributed by atoms with E-state index in [0.717, 1.165) is 5.39 Å². The molecule has 0 atom stereocenters. The lowest BCUT2D eigenvalue weighted by atomic mass is 10.1. The fourth-order valence-corrected chi connectivity index (χ4v) is 1.48. The molecule has 0 unspecified atom stereocenters. The smallest absolute Gasteiger partial charge is 0.132 e. The Morgan fingerprint density at radius 3 is 2.60 bits per heavy atom. The zero-order valence-electron chi connectivity index (χ0n) is 9.21. The van der Waals surface area contributed by atoms with E-state index in [0.29, 0.717) is 16.9 Å². The van der Waals surface area contributed by atoms with Crippen molar-refractivity contribution in [3.8, 4) is 0 Å². The van der Waals surface area contributed by atoms with Crippen LogP contribution in [0.5, 0.6) is 0 Å². The number of benzene rings is 1. The number of halogens is 1. The number of anilines is 1. The maximum atomic E-state index is 13.3. The summed E-state index contributed by atoms with van der Waals surface area (Å²) in [5.74, 6) is 0.179. The van der Waals surface area contributed by atoms with Gasteiger partial charge >= 0.3 is 0 Å². The molecule has 2 nitrogen and oxygen atoms in total. The van der Waals surface area contributed by atoms with Crippen LogP contribution >= 0.6 is 0 Å². The average Bonchev–Trinajstić information content (AvgIpc) is 2.19. The maximum absolute atomic E-state index is 13.3. The Morgan fingerprint density at radius 1 is 1.27 bits per heavy atom. The molecule has 0 spiro atoms. The Labute approximate surface area is 88.9 Å². The van der Waals surface area contributed by atoms with Crippen molar-refractivity contribution in [2.24, 2.45) is 0 Å². The van der Waals surface area contributed by atoms with E-state index in [1.165, 1.54) is 6.07 Å². The number of hydrogen-bond acceptors (Lipinski definition) is 2. The van der Waals surface area contributed by atoms with Gasteiger partial charge in [0, 0.05) is 5.39 Å². The van der Waals surface area contributed by atoms with Crippen LogP contribution in [0.3, 0.4) is 0 Å². The molecule has 0 bridgehead atoms. The summed E-state index contributed by atoms with van der Waals surface area (Å²) in [7, 11) is 0. The molecule has 2 rings (SSSR count). The summed E-state index contributed by atoms with van der Waals surface area (Å²) in [5.41, 5.74) is 6.17. The van der Waals surface area contributed by atoms with Crippen molar-refractivity contribution in [2.75, 3.05) is 5.73 Å². The lowest BCUT2D eigenvalue weighted by Gasteiger charge is -2.03. The molecule has 3 heteroatoms. The molecule has 1 aromatic heterocycles. The molecular formula is C12H15FN2. The highest BCUT2D eigenvalue weighted by Crippen LogP contribution is 2.21. The van der Waals surface area contributed by atoms with E-state index in [1.54, 1.807) is 19.1 Å². The van der Waals surface area contributed by atoms with Crippen LogP contribution in [0.1, 0.15) is 19.5 Å². The molecule has 0 saturated heterocycles. The molecule has 0 fully saturated rings. The van der Waals surface area contributed by atoms with E-state index in [1.807, 2.05) is 19.9 Å². The Kier molecular flexibility index (Phi) is 3.61. The van der Waals surface area contributed by atoms with Gasteiger partial charge in [-0.15, -0.1) is 0 Å². The molecule has 0 aliphatic heterocycles. The molecule has 0 amide bonds. The summed E-state index contributed by atoms with van der Waals surface area (Å²) < 4.78 is 13.3. The molecule has 0 aliphatic rings. The molecular weight excluding hydrogens is 191 g/mol. The fraction of sp³-hybridized carbons (Fsp3) is 0.250. The van der Waals surface area contributed by atoms with E-state index >= 15 is 0 Å². The van der Waals surface area contributed by atoms with E-state index < -0.39 is 0 Å². The fourth-order valence-electron chi connectivity index (χ4n) is 1.48. The SMILES string of the molecule is CC.Cc1nc(N)cc2cccc(F)c12. The van der Waals surface area contributed by atoms with E-state index in [9.17, 15) is 4.39 Å². The monoisotopic (exact) mass is 206 g/mol. The molecule has 2 N–H and O–H groups in total. The van der Waals surface area contributed by atoms with Crippen molar-refractivity contribution in [3.05, 3.63) is 35.8 Å². The zero-order valence-corrected chi connectivity index (χ0v) is 9.21. The number of rotatable bonds is 0. The van der Waals surface area contributed by atoms with Crippen molar-refractivity contribution in [3.63, 3.8) is 0 Å². The first-order chi connectivity index (χ1) is 7.18. The van der Waals surface area contributed by atoms with Crippen molar-refractivity contribution < 1.29 is 4.39 Å². The van der Waals surface area contributed by atoms with Crippen molar-refractivity contribution >= 4 is 16.6 Å². The lowest BCUT2D eigenvalue weighted by molar-refractivity contribution is 0.639. The van der Waals surface area contributed by atoms with Crippen LogP contribution < -0.4 is 5.73 Å². The van der Waals surface area contributed by atoms with Crippen LogP contribution in [-0.2, 0) is 0 Å². The topological polar surface area (TPSA) is 38.9 Å². The minimum Gasteiger partial charge on any atom is -0.384 e. The first-order valence-corrected chi connectivity index (χ1v) is 5.00. The van der Waals surface area contributed by atoms with Gasteiger partial charge in [-0.05, 0) is 24.4 Å². The largest absolute Gasteiger partial charge is 0.384 e. The number of nitrogen functional groups attached to an aromatic ring is 1. The second-order valence-electron chi connectivity index (χ2n) is 2.97. The van der Waals surface area contributed by atoms with E-state index in [-0.39, 0.29) is 5.82 Å². The van der Waals surface area contributed by atoms with Crippen molar-refractivity contribution in [1.29, 1.82) is 0 Å². The average molecular weight is 206 g/mol. The van der Waals surface area contributed by atoms with Gasteiger partial charge in [-0.1, -0.05) is 26.0 Å². The van der Waals surface area contributed by atoms with E-state index in [4.69, 9.17) is 5.73 Å². The zero-order chi connectivity index (χ0) is 11.4. The Balaban J connectivity index is 0.000000531. The lowest BCUT2D eigenvalue weighted by Crippen LogP contribution is -1.94. The minimum absolute atomic E-state index is 0.248. The van der Waals surface area contributed by atoms with E-state index in [2.05, 4.69) is 4.98 Å². The maximum Gasteiger partial charge on any atom is 0.132 e. The first-order valence-electron chi connectivity index (χ1n) is 5.00. The van der Waals surface area contributed by atoms with Crippen molar-refractivity contribution in [2.45, 2.75) is 20.8 Å². The highest BCUT2D eigenvalue weighted by Gasteiger charge is 2.04. The number of nitrogens with zero attached hydrogens (tertiary/aromatic N) is 1. The van der Waals surface area contributed by atoms with Crippen LogP contribution in [0.4, 0.5) is 10.2 Å². The molecule has 1 aromatic carbocycles. The summed E-state index contributed by atoms with van der Waals surface area (Å²) >= 11 is 0. The second-order valence-corrected chi connectivity index (χ2v) is 2.97. The third-order valence-electron chi connectivity index (χ3n) is 2.01. The summed E-state index contributed by atoms with van der Waals surface area (Å²) in [5, 5.41) is 1.35. The number of hydrogen-bond donors (Lipinski definition) is 1. The van der Waals surface area contributed by atoms with Gasteiger partial charge in [-0.3, -0.25) is 0 Å². The molecule has 2 aromatic rings. The quantitative estimate of drug-likeness (QED) is 0.718. The van der Waals surface area contributed by atoms with Crippen LogP contribution in [-0.4, -0.2) is 4.98 Å². The number of fused-ring (bicyclic) bond motifs is 1. The second kappa shape index (κ2) is 4.73.